The molecule has 18 heavy (non-hydrogen) atoms. The van der Waals surface area contributed by atoms with E-state index in [-0.39, 0.29) is 11.8 Å². The van der Waals surface area contributed by atoms with E-state index in [1.807, 2.05) is 18.2 Å². The minimum atomic E-state index is 0.234. The molecule has 2 unspecified atom stereocenters. The van der Waals surface area contributed by atoms with Crippen LogP contribution in [0.3, 0.4) is 0 Å². The minimum absolute atomic E-state index is 0.234. The average molecular weight is 246 g/mol. The molecule has 98 valence electrons. The van der Waals surface area contributed by atoms with Crippen molar-refractivity contribution in [3.8, 4) is 0 Å². The molecular weight excluding hydrogens is 224 g/mol. The first-order valence-electron chi connectivity index (χ1n) is 6.93. The molecule has 0 aliphatic heterocycles. The Morgan fingerprint density at radius 3 is 3.06 bits per heavy atom. The van der Waals surface area contributed by atoms with E-state index in [0.29, 0.717) is 12.5 Å². The zero-order valence-corrected chi connectivity index (χ0v) is 11.1. The van der Waals surface area contributed by atoms with Gasteiger partial charge in [-0.25, -0.2) is 0 Å². The monoisotopic (exact) mass is 246 g/mol. The second-order valence-corrected chi connectivity index (χ2v) is 5.33. The summed E-state index contributed by atoms with van der Waals surface area (Å²) < 4.78 is 0. The number of nitrogens with zero attached hydrogens (tertiary/aromatic N) is 1. The quantitative estimate of drug-likeness (QED) is 0.887. The third-order valence-electron chi connectivity index (χ3n) is 3.71. The van der Waals surface area contributed by atoms with Gasteiger partial charge in [0.2, 0.25) is 5.91 Å². The van der Waals surface area contributed by atoms with E-state index in [0.717, 1.165) is 25.0 Å². The lowest BCUT2D eigenvalue weighted by Gasteiger charge is -2.25. The van der Waals surface area contributed by atoms with Crippen molar-refractivity contribution in [2.24, 2.45) is 11.8 Å². The molecule has 1 heterocycles. The Morgan fingerprint density at radius 2 is 2.33 bits per heavy atom. The molecule has 0 aromatic carbocycles. The lowest BCUT2D eigenvalue weighted by Crippen LogP contribution is -2.34. The maximum Gasteiger partial charge on any atom is 0.223 e. The zero-order chi connectivity index (χ0) is 12.8. The Bertz CT molecular complexity index is 377. The highest BCUT2D eigenvalue weighted by atomic mass is 16.1. The maximum absolute atomic E-state index is 12.0. The Hall–Kier alpha value is -1.38. The second-order valence-electron chi connectivity index (χ2n) is 5.33. The van der Waals surface area contributed by atoms with Gasteiger partial charge in [-0.2, -0.15) is 0 Å². The fourth-order valence-corrected chi connectivity index (χ4v) is 2.68. The molecule has 1 fully saturated rings. The summed E-state index contributed by atoms with van der Waals surface area (Å²) in [4.78, 5) is 16.3. The molecule has 0 bridgehead atoms. The minimum Gasteiger partial charge on any atom is -0.355 e. The highest BCUT2D eigenvalue weighted by Gasteiger charge is 2.24. The molecule has 2 atom stereocenters. The summed E-state index contributed by atoms with van der Waals surface area (Å²) in [7, 11) is 0. The van der Waals surface area contributed by atoms with Crippen LogP contribution in [0.1, 0.15) is 38.3 Å². The van der Waals surface area contributed by atoms with Crippen molar-refractivity contribution in [1.82, 2.24) is 10.3 Å². The normalized spacial score (nSPS) is 23.6. The van der Waals surface area contributed by atoms with E-state index in [4.69, 9.17) is 0 Å². The Kier molecular flexibility index (Phi) is 4.73. The van der Waals surface area contributed by atoms with E-state index in [9.17, 15) is 4.79 Å². The van der Waals surface area contributed by atoms with Crippen LogP contribution >= 0.6 is 0 Å². The molecule has 0 saturated heterocycles. The standard InChI is InChI=1S/C15H22N2O/c1-12-5-4-6-13(11-12)15(18)17-10-8-14-7-2-3-9-16-14/h2-3,7,9,12-13H,4-6,8,10-11H2,1H3,(H,17,18). The van der Waals surface area contributed by atoms with Crippen molar-refractivity contribution in [3.63, 3.8) is 0 Å². The lowest BCUT2D eigenvalue weighted by atomic mass is 9.82. The molecule has 1 aliphatic rings. The number of pyridine rings is 1. The van der Waals surface area contributed by atoms with Gasteiger partial charge in [-0.05, 0) is 30.9 Å². The number of rotatable bonds is 4. The van der Waals surface area contributed by atoms with Crippen LogP contribution in [0.25, 0.3) is 0 Å². The highest BCUT2D eigenvalue weighted by Crippen LogP contribution is 2.28. The van der Waals surface area contributed by atoms with Gasteiger partial charge in [-0.1, -0.05) is 25.8 Å². The van der Waals surface area contributed by atoms with Crippen LogP contribution in [0.5, 0.6) is 0 Å². The third kappa shape index (κ3) is 3.83. The van der Waals surface area contributed by atoms with Gasteiger partial charge in [0.05, 0.1) is 0 Å². The van der Waals surface area contributed by atoms with Crippen molar-refractivity contribution in [1.29, 1.82) is 0 Å². The van der Waals surface area contributed by atoms with Crippen LogP contribution in [0.2, 0.25) is 0 Å². The molecule has 1 aliphatic carbocycles. The summed E-state index contributed by atoms with van der Waals surface area (Å²) in [5.74, 6) is 1.17. The van der Waals surface area contributed by atoms with Crippen LogP contribution in [0.4, 0.5) is 0 Å². The predicted molar refractivity (Wildman–Crippen MR) is 72.1 cm³/mol. The molecule has 3 heteroatoms. The Labute approximate surface area is 109 Å². The third-order valence-corrected chi connectivity index (χ3v) is 3.71. The summed E-state index contributed by atoms with van der Waals surface area (Å²) in [5.41, 5.74) is 1.04. The van der Waals surface area contributed by atoms with Gasteiger partial charge in [0.1, 0.15) is 0 Å². The van der Waals surface area contributed by atoms with E-state index < -0.39 is 0 Å². The Balaban J connectivity index is 1.71. The maximum atomic E-state index is 12.0. The van der Waals surface area contributed by atoms with Crippen LogP contribution in [0.15, 0.2) is 24.4 Å². The first-order chi connectivity index (χ1) is 8.75. The van der Waals surface area contributed by atoms with Gasteiger partial charge in [-0.3, -0.25) is 9.78 Å². The zero-order valence-electron chi connectivity index (χ0n) is 11.1. The fourth-order valence-electron chi connectivity index (χ4n) is 2.68. The van der Waals surface area contributed by atoms with Crippen molar-refractivity contribution in [2.75, 3.05) is 6.54 Å². The molecule has 0 radical (unpaired) electrons. The lowest BCUT2D eigenvalue weighted by molar-refractivity contribution is -0.126. The number of aromatic nitrogens is 1. The summed E-state index contributed by atoms with van der Waals surface area (Å²) in [5, 5.41) is 3.04. The number of carbonyl (C=O) groups is 1. The second kappa shape index (κ2) is 6.53. The van der Waals surface area contributed by atoms with Crippen molar-refractivity contribution >= 4 is 5.91 Å². The predicted octanol–water partition coefficient (Wildman–Crippen LogP) is 2.57. The van der Waals surface area contributed by atoms with Crippen LogP contribution in [-0.2, 0) is 11.2 Å². The number of nitrogens with one attached hydrogen (secondary N) is 1. The highest BCUT2D eigenvalue weighted by molar-refractivity contribution is 5.78. The van der Waals surface area contributed by atoms with E-state index in [1.165, 1.54) is 12.8 Å². The number of carbonyl (C=O) groups excluding carboxylic acids is 1. The summed E-state index contributed by atoms with van der Waals surface area (Å²) >= 11 is 0. The number of hydrogen-bond donors (Lipinski definition) is 1. The van der Waals surface area contributed by atoms with E-state index in [1.54, 1.807) is 6.20 Å². The van der Waals surface area contributed by atoms with Gasteiger partial charge in [0.25, 0.3) is 0 Å². The SMILES string of the molecule is CC1CCCC(C(=O)NCCc2ccccn2)C1. The first-order valence-corrected chi connectivity index (χ1v) is 6.93. The molecule has 1 aromatic rings. The van der Waals surface area contributed by atoms with Crippen molar-refractivity contribution < 1.29 is 4.79 Å². The topological polar surface area (TPSA) is 42.0 Å². The molecule has 0 spiro atoms. The fraction of sp³-hybridized carbons (Fsp3) is 0.600. The summed E-state index contributed by atoms with van der Waals surface area (Å²) in [6, 6.07) is 5.88. The summed E-state index contributed by atoms with van der Waals surface area (Å²) in [6.45, 7) is 2.94. The number of hydrogen-bond acceptors (Lipinski definition) is 2. The van der Waals surface area contributed by atoms with Gasteiger partial charge < -0.3 is 5.32 Å². The van der Waals surface area contributed by atoms with Crippen LogP contribution in [0, 0.1) is 11.8 Å². The van der Waals surface area contributed by atoms with E-state index >= 15 is 0 Å². The van der Waals surface area contributed by atoms with Gasteiger partial charge >= 0.3 is 0 Å². The smallest absolute Gasteiger partial charge is 0.223 e. The Morgan fingerprint density at radius 1 is 1.44 bits per heavy atom. The first kappa shape index (κ1) is 13.1. The largest absolute Gasteiger partial charge is 0.355 e. The molecular formula is C15H22N2O. The molecule has 1 saturated carbocycles. The van der Waals surface area contributed by atoms with Crippen molar-refractivity contribution in [2.45, 2.75) is 39.0 Å². The molecule has 2 rings (SSSR count). The molecule has 1 N–H and O–H groups in total. The molecule has 1 amide bonds. The van der Waals surface area contributed by atoms with Crippen LogP contribution in [-0.4, -0.2) is 17.4 Å². The van der Waals surface area contributed by atoms with Gasteiger partial charge in [-0.15, -0.1) is 0 Å². The molecule has 3 nitrogen and oxygen atoms in total. The molecule has 1 aromatic heterocycles. The van der Waals surface area contributed by atoms with E-state index in [2.05, 4.69) is 17.2 Å². The average Bonchev–Trinajstić information content (AvgIpc) is 2.40. The van der Waals surface area contributed by atoms with Crippen LogP contribution < -0.4 is 5.32 Å². The summed E-state index contributed by atoms with van der Waals surface area (Å²) in [6.07, 6.45) is 7.18. The number of amides is 1. The van der Waals surface area contributed by atoms with Crippen molar-refractivity contribution in [3.05, 3.63) is 30.1 Å². The van der Waals surface area contributed by atoms with Gasteiger partial charge in [0.15, 0.2) is 0 Å². The van der Waals surface area contributed by atoms with Gasteiger partial charge in [0, 0.05) is 30.8 Å².